The van der Waals surface area contributed by atoms with Gasteiger partial charge in [0.15, 0.2) is 11.7 Å². The molecule has 13 heteroatoms. The van der Waals surface area contributed by atoms with E-state index in [1.54, 1.807) is 12.3 Å². The van der Waals surface area contributed by atoms with Gasteiger partial charge in [-0.15, -0.1) is 29.6 Å². The fraction of sp³-hybridized carbons (Fsp3) is 0.250. The highest BCUT2D eigenvalue weighted by Gasteiger charge is 2.31. The van der Waals surface area contributed by atoms with E-state index in [1.807, 2.05) is 6.07 Å². The molecule has 3 aromatic rings. The molecular formula is C16H11F3N6O2S2. The van der Waals surface area contributed by atoms with Crippen LogP contribution < -0.4 is 4.74 Å². The largest absolute Gasteiger partial charge is 0.573 e. The lowest BCUT2D eigenvalue weighted by molar-refractivity contribution is -0.274. The molecule has 0 N–H and O–H groups in total. The van der Waals surface area contributed by atoms with Gasteiger partial charge in [-0.1, -0.05) is 11.8 Å². The van der Waals surface area contributed by atoms with E-state index >= 15 is 0 Å². The molecule has 2 heterocycles. The van der Waals surface area contributed by atoms with E-state index in [9.17, 15) is 23.2 Å². The molecule has 0 amide bonds. The summed E-state index contributed by atoms with van der Waals surface area (Å²) in [7, 11) is 0. The first-order chi connectivity index (χ1) is 13.8. The molecule has 3 rings (SSSR count). The molecular weight excluding hydrogens is 429 g/mol. The Hall–Kier alpha value is -2.98. The molecule has 0 radical (unpaired) electrons. The summed E-state index contributed by atoms with van der Waals surface area (Å²) in [6, 6.07) is 6.90. The number of ether oxygens (including phenoxy) is 1. The van der Waals surface area contributed by atoms with Gasteiger partial charge in [-0.25, -0.2) is 4.98 Å². The van der Waals surface area contributed by atoms with Gasteiger partial charge in [0.25, 0.3) is 0 Å². The van der Waals surface area contributed by atoms with Crippen molar-refractivity contribution in [2.24, 2.45) is 0 Å². The summed E-state index contributed by atoms with van der Waals surface area (Å²) in [5.41, 5.74) is 1.11. The molecule has 2 aromatic heterocycles. The van der Waals surface area contributed by atoms with Crippen molar-refractivity contribution < 1.29 is 22.7 Å². The number of benzene rings is 1. The molecule has 0 saturated carbocycles. The van der Waals surface area contributed by atoms with Crippen LogP contribution in [0.1, 0.15) is 16.6 Å². The fourth-order valence-corrected chi connectivity index (χ4v) is 3.87. The van der Waals surface area contributed by atoms with Gasteiger partial charge < -0.3 is 4.74 Å². The number of aromatic nitrogens is 5. The fourth-order valence-electron chi connectivity index (χ4n) is 2.21. The van der Waals surface area contributed by atoms with Gasteiger partial charge in [0.2, 0.25) is 5.16 Å². The van der Waals surface area contributed by atoms with Crippen LogP contribution in [0.15, 0.2) is 34.8 Å². The number of aryl methyl sites for hydroxylation is 1. The van der Waals surface area contributed by atoms with Crippen LogP contribution in [0.25, 0.3) is 5.69 Å². The van der Waals surface area contributed by atoms with Crippen molar-refractivity contribution in [3.63, 3.8) is 0 Å². The maximum atomic E-state index is 12.4. The topological polar surface area (TPSA) is 107 Å². The first-order valence-corrected chi connectivity index (χ1v) is 9.75. The molecule has 0 saturated heterocycles. The molecule has 0 aliphatic rings. The number of hydrogen-bond acceptors (Lipinski definition) is 9. The summed E-state index contributed by atoms with van der Waals surface area (Å²) >= 11 is 2.25. The van der Waals surface area contributed by atoms with Crippen LogP contribution in [0.5, 0.6) is 5.75 Å². The second-order valence-corrected chi connectivity index (χ2v) is 7.39. The van der Waals surface area contributed by atoms with Crippen LogP contribution in [0.3, 0.4) is 0 Å². The molecule has 150 valence electrons. The first kappa shape index (κ1) is 20.7. The summed E-state index contributed by atoms with van der Waals surface area (Å²) in [5, 5.41) is 22.9. The number of ketones is 1. The molecule has 29 heavy (non-hydrogen) atoms. The predicted octanol–water partition coefficient (Wildman–Crippen LogP) is 3.29. The lowest BCUT2D eigenvalue weighted by Gasteiger charge is -2.09. The van der Waals surface area contributed by atoms with Crippen LogP contribution in [0, 0.1) is 18.3 Å². The van der Waals surface area contributed by atoms with Gasteiger partial charge in [0.05, 0.1) is 17.5 Å². The van der Waals surface area contributed by atoms with E-state index in [4.69, 9.17) is 0 Å². The maximum absolute atomic E-state index is 12.4. The number of thiazole rings is 1. The molecule has 0 spiro atoms. The number of halogens is 3. The number of carbonyl (C=O) groups is 1. The van der Waals surface area contributed by atoms with Crippen LogP contribution in [0.2, 0.25) is 0 Å². The van der Waals surface area contributed by atoms with Gasteiger partial charge in [0.1, 0.15) is 10.8 Å². The highest BCUT2D eigenvalue weighted by atomic mass is 32.2. The van der Waals surface area contributed by atoms with Gasteiger partial charge >= 0.3 is 6.36 Å². The summed E-state index contributed by atoms with van der Waals surface area (Å²) in [5.74, 6) is -1.79. The van der Waals surface area contributed by atoms with Crippen molar-refractivity contribution in [1.82, 2.24) is 25.2 Å². The van der Waals surface area contributed by atoms with Crippen LogP contribution >= 0.6 is 23.1 Å². The van der Waals surface area contributed by atoms with E-state index in [0.717, 1.165) is 29.6 Å². The zero-order valence-corrected chi connectivity index (χ0v) is 16.3. The average molecular weight is 440 g/mol. The second kappa shape index (κ2) is 8.58. The predicted molar refractivity (Wildman–Crippen MR) is 96.8 cm³/mol. The van der Waals surface area contributed by atoms with Gasteiger partial charge in [-0.05, 0) is 41.6 Å². The Morgan fingerprint density at radius 3 is 2.69 bits per heavy atom. The number of rotatable bonds is 7. The Morgan fingerprint density at radius 2 is 2.10 bits per heavy atom. The number of alkyl halides is 3. The van der Waals surface area contributed by atoms with Crippen LogP contribution in [-0.4, -0.2) is 43.1 Å². The molecule has 0 unspecified atom stereocenters. The van der Waals surface area contributed by atoms with E-state index in [2.05, 4.69) is 25.2 Å². The lowest BCUT2D eigenvalue weighted by atomic mass is 10.1. The van der Waals surface area contributed by atoms with Crippen molar-refractivity contribution in [3.8, 4) is 17.5 Å². The van der Waals surface area contributed by atoms with Crippen LogP contribution in [0.4, 0.5) is 13.2 Å². The molecule has 1 aromatic carbocycles. The third-order valence-corrected chi connectivity index (χ3v) is 5.40. The minimum absolute atomic E-state index is 0.0769. The molecule has 0 aliphatic heterocycles. The van der Waals surface area contributed by atoms with Gasteiger partial charge in [-0.3, -0.25) is 4.79 Å². The Kier molecular flexibility index (Phi) is 6.14. The quantitative estimate of drug-likeness (QED) is 0.515. The second-order valence-electron chi connectivity index (χ2n) is 5.56. The minimum atomic E-state index is -4.79. The average Bonchev–Trinajstić information content (AvgIpc) is 3.29. The molecule has 8 nitrogen and oxygen atoms in total. The smallest absolute Gasteiger partial charge is 0.406 e. The normalized spacial score (nSPS) is 12.4. The van der Waals surface area contributed by atoms with Crippen molar-refractivity contribution in [2.45, 2.75) is 24.4 Å². The van der Waals surface area contributed by atoms with Crippen molar-refractivity contribution in [3.05, 3.63) is 40.3 Å². The first-order valence-electron chi connectivity index (χ1n) is 7.88. The number of carbonyl (C=O) groups excluding carboxylic acids is 1. The SMILES string of the molecule is Cc1csc([C@H](C#N)C(=O)CSc2nnnn2-c2ccc(OC(F)(F)F)cc2)n1. The third-order valence-electron chi connectivity index (χ3n) is 3.43. The van der Waals surface area contributed by atoms with E-state index < -0.39 is 12.3 Å². The van der Waals surface area contributed by atoms with E-state index in [-0.39, 0.29) is 22.4 Å². The van der Waals surface area contributed by atoms with Crippen molar-refractivity contribution in [1.29, 1.82) is 5.26 Å². The summed E-state index contributed by atoms with van der Waals surface area (Å²) in [6.07, 6.45) is -4.79. The highest BCUT2D eigenvalue weighted by Crippen LogP contribution is 2.27. The monoisotopic (exact) mass is 440 g/mol. The molecule has 0 fully saturated rings. The zero-order chi connectivity index (χ0) is 21.0. The van der Waals surface area contributed by atoms with Gasteiger partial charge in [-0.2, -0.15) is 9.94 Å². The Balaban J connectivity index is 1.69. The Labute approximate surface area is 170 Å². The number of thioether (sulfide) groups is 1. The van der Waals surface area contributed by atoms with Gasteiger partial charge in [0, 0.05) is 11.1 Å². The summed E-state index contributed by atoms with van der Waals surface area (Å²) < 4.78 is 41.8. The van der Waals surface area contributed by atoms with E-state index in [0.29, 0.717) is 10.7 Å². The summed E-state index contributed by atoms with van der Waals surface area (Å²) in [6.45, 7) is 1.77. The zero-order valence-electron chi connectivity index (χ0n) is 14.6. The standard InChI is InChI=1S/C16H11F3N6O2S2/c1-9-7-28-14(21-9)12(6-20)13(26)8-29-15-22-23-24-25(15)10-2-4-11(5-3-10)27-16(17,18)19/h2-5,7,12H,8H2,1H3/t12-/m1/s1. The van der Waals surface area contributed by atoms with Crippen molar-refractivity contribution in [2.75, 3.05) is 5.75 Å². The number of nitriles is 1. The van der Waals surface area contributed by atoms with E-state index in [1.165, 1.54) is 28.2 Å². The Morgan fingerprint density at radius 1 is 1.38 bits per heavy atom. The number of hydrogen-bond donors (Lipinski definition) is 0. The molecule has 0 bridgehead atoms. The van der Waals surface area contributed by atoms with Crippen molar-refractivity contribution >= 4 is 28.9 Å². The number of Topliss-reactive ketones (excluding diaryl/α,β-unsaturated/α-hetero) is 1. The van der Waals surface area contributed by atoms with Crippen LogP contribution in [-0.2, 0) is 4.79 Å². The number of tetrazole rings is 1. The highest BCUT2D eigenvalue weighted by molar-refractivity contribution is 7.99. The Bertz CT molecular complexity index is 1040. The summed E-state index contributed by atoms with van der Waals surface area (Å²) in [4.78, 5) is 16.6. The number of nitrogens with zero attached hydrogens (tertiary/aromatic N) is 6. The maximum Gasteiger partial charge on any atom is 0.573 e. The third kappa shape index (κ3) is 5.30. The molecule has 0 aliphatic carbocycles. The molecule has 1 atom stereocenters. The lowest BCUT2D eigenvalue weighted by Crippen LogP contribution is -2.17. The minimum Gasteiger partial charge on any atom is -0.406 e.